The molecule has 0 spiro atoms. The van der Waals surface area contributed by atoms with Crippen LogP contribution in [0.3, 0.4) is 0 Å². The van der Waals surface area contributed by atoms with Crippen LogP contribution in [0.15, 0.2) is 0 Å². The van der Waals surface area contributed by atoms with E-state index in [2.05, 4.69) is 53.9 Å². The predicted molar refractivity (Wildman–Crippen MR) is 77.1 cm³/mol. The minimum Gasteiger partial charge on any atom is -0.418 e. The standard InChI is InChI=1S/C12H30O2Si2/c1-9-13-15(5,6)11-10-14-16(7,8)12(2,3)4/h9-11H2,1-8H3. The predicted octanol–water partition coefficient (Wildman–Crippen LogP) is 4.25. The minimum absolute atomic E-state index is 0.310. The van der Waals surface area contributed by atoms with Crippen LogP contribution in [-0.4, -0.2) is 29.8 Å². The molecule has 0 rings (SSSR count). The van der Waals surface area contributed by atoms with E-state index in [1.54, 1.807) is 0 Å². The molecule has 4 heteroatoms. The van der Waals surface area contributed by atoms with Crippen molar-refractivity contribution in [2.45, 2.75) is 65.0 Å². The first-order valence-corrected chi connectivity index (χ1v) is 12.3. The zero-order chi connectivity index (χ0) is 13.0. The molecule has 0 aromatic rings. The van der Waals surface area contributed by atoms with Crippen LogP contribution < -0.4 is 0 Å². The zero-order valence-corrected chi connectivity index (χ0v) is 14.4. The molecule has 0 aliphatic rings. The molecule has 98 valence electrons. The van der Waals surface area contributed by atoms with Gasteiger partial charge in [0.25, 0.3) is 0 Å². The summed E-state index contributed by atoms with van der Waals surface area (Å²) in [7, 11) is -3.03. The van der Waals surface area contributed by atoms with Gasteiger partial charge < -0.3 is 8.85 Å². The molecule has 2 nitrogen and oxygen atoms in total. The number of rotatable bonds is 6. The fraction of sp³-hybridized carbons (Fsp3) is 1.00. The van der Waals surface area contributed by atoms with Crippen LogP contribution in [0.1, 0.15) is 27.7 Å². The molecule has 0 N–H and O–H groups in total. The summed E-state index contributed by atoms with van der Waals surface area (Å²) in [5, 5.41) is 0.310. The Balaban J connectivity index is 4.08. The minimum atomic E-state index is -1.56. The maximum atomic E-state index is 6.17. The molecule has 0 atom stereocenters. The van der Waals surface area contributed by atoms with Crippen molar-refractivity contribution in [2.24, 2.45) is 0 Å². The third kappa shape index (κ3) is 5.61. The van der Waals surface area contributed by atoms with E-state index >= 15 is 0 Å². The maximum Gasteiger partial charge on any atom is 0.191 e. The van der Waals surface area contributed by atoms with E-state index in [1.165, 1.54) is 0 Å². The highest BCUT2D eigenvalue weighted by molar-refractivity contribution is 6.74. The fourth-order valence-corrected chi connectivity index (χ4v) is 4.00. The lowest BCUT2D eigenvalue weighted by molar-refractivity contribution is 0.284. The molecule has 0 aromatic heterocycles. The second-order valence-electron chi connectivity index (χ2n) is 6.55. The maximum absolute atomic E-state index is 6.17. The van der Waals surface area contributed by atoms with E-state index in [0.717, 1.165) is 19.3 Å². The summed E-state index contributed by atoms with van der Waals surface area (Å²) in [6, 6.07) is 1.10. The molecule has 0 fully saturated rings. The van der Waals surface area contributed by atoms with Gasteiger partial charge in [-0.2, -0.15) is 0 Å². The summed E-state index contributed by atoms with van der Waals surface area (Å²) in [6.07, 6.45) is 0. The lowest BCUT2D eigenvalue weighted by Gasteiger charge is -2.37. The Bertz CT molecular complexity index is 208. The first-order valence-electron chi connectivity index (χ1n) is 6.30. The van der Waals surface area contributed by atoms with Crippen molar-refractivity contribution in [1.29, 1.82) is 0 Å². The van der Waals surface area contributed by atoms with Gasteiger partial charge >= 0.3 is 0 Å². The van der Waals surface area contributed by atoms with Crippen LogP contribution in [0.25, 0.3) is 0 Å². The van der Waals surface area contributed by atoms with Gasteiger partial charge in [-0.15, -0.1) is 0 Å². The summed E-state index contributed by atoms with van der Waals surface area (Å²) in [6.45, 7) is 19.8. The molecular weight excluding hydrogens is 232 g/mol. The fourth-order valence-electron chi connectivity index (χ4n) is 1.23. The Hall–Kier alpha value is 0.354. The molecule has 0 aromatic carbocycles. The van der Waals surface area contributed by atoms with Gasteiger partial charge in [0.05, 0.1) is 0 Å². The van der Waals surface area contributed by atoms with E-state index in [1.807, 2.05) is 0 Å². The molecule has 0 radical (unpaired) electrons. The average Bonchev–Trinajstić information content (AvgIpc) is 2.00. The molecule has 0 saturated heterocycles. The quantitative estimate of drug-likeness (QED) is 0.666. The largest absolute Gasteiger partial charge is 0.418 e. The highest BCUT2D eigenvalue weighted by Crippen LogP contribution is 2.36. The van der Waals surface area contributed by atoms with Crippen molar-refractivity contribution in [3.8, 4) is 0 Å². The summed E-state index contributed by atoms with van der Waals surface area (Å²) in [5.74, 6) is 0. The normalized spacial score (nSPS) is 14.2. The van der Waals surface area contributed by atoms with E-state index in [4.69, 9.17) is 8.85 Å². The van der Waals surface area contributed by atoms with Gasteiger partial charge in [-0.3, -0.25) is 0 Å². The molecule has 0 heterocycles. The topological polar surface area (TPSA) is 18.5 Å². The first-order chi connectivity index (χ1) is 7.02. The average molecular weight is 263 g/mol. The number of hydrogen-bond acceptors (Lipinski definition) is 2. The van der Waals surface area contributed by atoms with Gasteiger partial charge in [-0.1, -0.05) is 20.8 Å². The van der Waals surface area contributed by atoms with Crippen molar-refractivity contribution in [3.63, 3.8) is 0 Å². The molecule has 0 amide bonds. The molecule has 16 heavy (non-hydrogen) atoms. The van der Waals surface area contributed by atoms with Crippen molar-refractivity contribution in [3.05, 3.63) is 0 Å². The van der Waals surface area contributed by atoms with E-state index < -0.39 is 16.6 Å². The highest BCUT2D eigenvalue weighted by Gasteiger charge is 2.37. The van der Waals surface area contributed by atoms with E-state index in [9.17, 15) is 0 Å². The first kappa shape index (κ1) is 16.4. The van der Waals surface area contributed by atoms with Crippen LogP contribution >= 0.6 is 0 Å². The Morgan fingerprint density at radius 2 is 1.44 bits per heavy atom. The lowest BCUT2D eigenvalue weighted by Crippen LogP contribution is -2.42. The van der Waals surface area contributed by atoms with Crippen LogP contribution in [0.5, 0.6) is 0 Å². The van der Waals surface area contributed by atoms with Gasteiger partial charge in [-0.05, 0) is 44.2 Å². The van der Waals surface area contributed by atoms with Crippen molar-refractivity contribution in [1.82, 2.24) is 0 Å². The monoisotopic (exact) mass is 262 g/mol. The molecule has 0 saturated carbocycles. The second kappa shape index (κ2) is 5.80. The summed E-state index contributed by atoms with van der Waals surface area (Å²) in [5.41, 5.74) is 0. The summed E-state index contributed by atoms with van der Waals surface area (Å²) >= 11 is 0. The van der Waals surface area contributed by atoms with Crippen molar-refractivity contribution in [2.75, 3.05) is 13.2 Å². The number of hydrogen-bond donors (Lipinski definition) is 0. The summed E-state index contributed by atoms with van der Waals surface area (Å²) < 4.78 is 12.0. The van der Waals surface area contributed by atoms with Gasteiger partial charge in [-0.25, -0.2) is 0 Å². The van der Waals surface area contributed by atoms with Gasteiger partial charge in [0.2, 0.25) is 0 Å². The smallest absolute Gasteiger partial charge is 0.191 e. The Kier molecular flexibility index (Phi) is 5.93. The Labute approximate surface area is 104 Å². The SMILES string of the molecule is CCO[Si](C)(C)CCO[Si](C)(C)C(C)(C)C. The van der Waals surface area contributed by atoms with Crippen LogP contribution in [0, 0.1) is 0 Å². The van der Waals surface area contributed by atoms with E-state index in [-0.39, 0.29) is 0 Å². The third-order valence-electron chi connectivity index (χ3n) is 3.51. The van der Waals surface area contributed by atoms with E-state index in [0.29, 0.717) is 5.04 Å². The van der Waals surface area contributed by atoms with Crippen LogP contribution in [-0.2, 0) is 8.85 Å². The van der Waals surface area contributed by atoms with Gasteiger partial charge in [0.1, 0.15) is 0 Å². The molecule has 0 aliphatic carbocycles. The molecule has 0 aliphatic heterocycles. The lowest BCUT2D eigenvalue weighted by atomic mass is 10.2. The van der Waals surface area contributed by atoms with Crippen LogP contribution in [0.2, 0.25) is 37.3 Å². The third-order valence-corrected chi connectivity index (χ3v) is 10.5. The highest BCUT2D eigenvalue weighted by atomic mass is 28.4. The molecule has 0 unspecified atom stereocenters. The molecule has 0 bridgehead atoms. The van der Waals surface area contributed by atoms with Crippen molar-refractivity contribution < 1.29 is 8.85 Å². The van der Waals surface area contributed by atoms with Gasteiger partial charge in [0.15, 0.2) is 16.6 Å². The Morgan fingerprint density at radius 1 is 0.938 bits per heavy atom. The second-order valence-corrected chi connectivity index (χ2v) is 15.7. The Morgan fingerprint density at radius 3 is 1.81 bits per heavy atom. The zero-order valence-electron chi connectivity index (χ0n) is 12.4. The van der Waals surface area contributed by atoms with Gasteiger partial charge in [0, 0.05) is 13.2 Å². The van der Waals surface area contributed by atoms with Crippen molar-refractivity contribution >= 4 is 16.6 Å². The molecular formula is C12H30O2Si2. The summed E-state index contributed by atoms with van der Waals surface area (Å²) in [4.78, 5) is 0. The van der Waals surface area contributed by atoms with Crippen LogP contribution in [0.4, 0.5) is 0 Å².